The molecule has 1 heteroatoms. The van der Waals surface area contributed by atoms with Gasteiger partial charge in [-0.1, -0.05) is 97.1 Å². The Morgan fingerprint density at radius 2 is 0.889 bits per heavy atom. The molecule has 0 spiro atoms. The van der Waals surface area contributed by atoms with Crippen molar-refractivity contribution in [2.24, 2.45) is 0 Å². The van der Waals surface area contributed by atoms with Crippen LogP contribution in [0.4, 0.5) is 11.4 Å². The number of anilines is 2. The Bertz CT molecular complexity index is 1240. The summed E-state index contributed by atoms with van der Waals surface area (Å²) in [4.78, 5) is 0. The van der Waals surface area contributed by atoms with E-state index >= 15 is 0 Å². The van der Waals surface area contributed by atoms with Crippen LogP contribution in [-0.2, 0) is 0 Å². The topological polar surface area (TPSA) is 12.0 Å². The third-order valence-corrected chi connectivity index (χ3v) is 5.07. The molecule has 1 nitrogen and oxygen atoms in total. The largest absolute Gasteiger partial charge is 0.355 e. The lowest BCUT2D eigenvalue weighted by molar-refractivity contribution is 1.56. The molecule has 0 aliphatic rings. The monoisotopic (exact) mass is 345 g/mol. The lowest BCUT2D eigenvalue weighted by Crippen LogP contribution is -1.94. The molecule has 0 atom stereocenters. The zero-order valence-corrected chi connectivity index (χ0v) is 14.9. The van der Waals surface area contributed by atoms with Gasteiger partial charge in [-0.15, -0.1) is 0 Å². The second-order valence-corrected chi connectivity index (χ2v) is 6.72. The fourth-order valence-corrected chi connectivity index (χ4v) is 3.77. The summed E-state index contributed by atoms with van der Waals surface area (Å²) in [5.74, 6) is 0. The first kappa shape index (κ1) is 15.7. The number of fused-ring (bicyclic) bond motifs is 2. The summed E-state index contributed by atoms with van der Waals surface area (Å²) in [6, 6.07) is 38.5. The Labute approximate surface area is 158 Å². The predicted octanol–water partition coefficient (Wildman–Crippen LogP) is 7.40. The summed E-state index contributed by atoms with van der Waals surface area (Å²) in [5, 5.41) is 8.68. The molecular weight excluding hydrogens is 326 g/mol. The van der Waals surface area contributed by atoms with E-state index in [4.69, 9.17) is 0 Å². The quantitative estimate of drug-likeness (QED) is 0.359. The molecule has 0 aliphatic carbocycles. The highest BCUT2D eigenvalue weighted by Gasteiger charge is 2.09. The minimum Gasteiger partial charge on any atom is -0.355 e. The normalized spacial score (nSPS) is 11.0. The zero-order valence-electron chi connectivity index (χ0n) is 14.9. The van der Waals surface area contributed by atoms with Gasteiger partial charge in [-0.25, -0.2) is 0 Å². The van der Waals surface area contributed by atoms with Gasteiger partial charge in [0.1, 0.15) is 0 Å². The number of nitrogens with one attached hydrogen (secondary N) is 1. The lowest BCUT2D eigenvalue weighted by Gasteiger charge is -2.15. The highest BCUT2D eigenvalue weighted by Crippen LogP contribution is 2.36. The van der Waals surface area contributed by atoms with E-state index in [1.54, 1.807) is 0 Å². The van der Waals surface area contributed by atoms with Gasteiger partial charge in [-0.05, 0) is 33.9 Å². The zero-order chi connectivity index (χ0) is 18.1. The van der Waals surface area contributed by atoms with E-state index < -0.39 is 0 Å². The maximum absolute atomic E-state index is 3.68. The van der Waals surface area contributed by atoms with E-state index in [2.05, 4.69) is 115 Å². The van der Waals surface area contributed by atoms with Gasteiger partial charge in [0.25, 0.3) is 0 Å². The van der Waals surface area contributed by atoms with Crippen LogP contribution in [0.1, 0.15) is 0 Å². The van der Waals surface area contributed by atoms with Crippen molar-refractivity contribution in [3.8, 4) is 11.1 Å². The van der Waals surface area contributed by atoms with Crippen molar-refractivity contribution in [1.29, 1.82) is 0 Å². The van der Waals surface area contributed by atoms with Gasteiger partial charge >= 0.3 is 0 Å². The predicted molar refractivity (Wildman–Crippen MR) is 117 cm³/mol. The molecule has 0 bridgehead atoms. The van der Waals surface area contributed by atoms with Crippen molar-refractivity contribution in [1.82, 2.24) is 0 Å². The maximum Gasteiger partial charge on any atom is 0.0464 e. The highest BCUT2D eigenvalue weighted by molar-refractivity contribution is 6.01. The Morgan fingerprint density at radius 1 is 0.370 bits per heavy atom. The Morgan fingerprint density at radius 3 is 1.74 bits per heavy atom. The lowest BCUT2D eigenvalue weighted by atomic mass is 9.97. The number of hydrogen-bond acceptors (Lipinski definition) is 1. The molecule has 5 rings (SSSR count). The van der Waals surface area contributed by atoms with Crippen molar-refractivity contribution in [2.45, 2.75) is 0 Å². The van der Waals surface area contributed by atoms with Gasteiger partial charge in [0.2, 0.25) is 0 Å². The van der Waals surface area contributed by atoms with Crippen LogP contribution >= 0.6 is 0 Å². The minimum atomic E-state index is 1.12. The van der Waals surface area contributed by atoms with Crippen molar-refractivity contribution >= 4 is 32.9 Å². The van der Waals surface area contributed by atoms with Gasteiger partial charge in [0.05, 0.1) is 0 Å². The molecule has 0 saturated heterocycles. The van der Waals surface area contributed by atoms with E-state index in [0.717, 1.165) is 11.4 Å². The van der Waals surface area contributed by atoms with E-state index in [9.17, 15) is 0 Å². The molecule has 27 heavy (non-hydrogen) atoms. The van der Waals surface area contributed by atoms with Crippen LogP contribution in [0, 0.1) is 0 Å². The maximum atomic E-state index is 3.68. The van der Waals surface area contributed by atoms with E-state index in [1.807, 2.05) is 0 Å². The number of rotatable bonds is 3. The van der Waals surface area contributed by atoms with Crippen molar-refractivity contribution in [3.05, 3.63) is 109 Å². The smallest absolute Gasteiger partial charge is 0.0464 e. The van der Waals surface area contributed by atoms with Gasteiger partial charge < -0.3 is 5.32 Å². The Balaban J connectivity index is 1.67. The fraction of sp³-hybridized carbons (Fsp3) is 0. The van der Waals surface area contributed by atoms with Gasteiger partial charge in [0.15, 0.2) is 0 Å². The first-order valence-corrected chi connectivity index (χ1v) is 9.22. The molecular formula is C26H19N. The van der Waals surface area contributed by atoms with Gasteiger partial charge in [0, 0.05) is 22.3 Å². The summed E-state index contributed by atoms with van der Waals surface area (Å²) in [6.07, 6.45) is 0. The highest BCUT2D eigenvalue weighted by atomic mass is 14.9. The second-order valence-electron chi connectivity index (χ2n) is 6.72. The molecule has 5 aromatic rings. The van der Waals surface area contributed by atoms with Crippen LogP contribution in [-0.4, -0.2) is 0 Å². The second kappa shape index (κ2) is 6.62. The summed E-state index contributed by atoms with van der Waals surface area (Å²) < 4.78 is 0. The minimum absolute atomic E-state index is 1.12. The third kappa shape index (κ3) is 2.84. The van der Waals surface area contributed by atoms with Crippen LogP contribution < -0.4 is 5.32 Å². The van der Waals surface area contributed by atoms with Crippen molar-refractivity contribution < 1.29 is 0 Å². The van der Waals surface area contributed by atoms with Crippen molar-refractivity contribution in [2.75, 3.05) is 5.32 Å². The number of hydrogen-bond donors (Lipinski definition) is 1. The molecule has 0 saturated carbocycles. The molecule has 0 aliphatic heterocycles. The molecule has 0 amide bonds. The van der Waals surface area contributed by atoms with Crippen LogP contribution in [0.3, 0.4) is 0 Å². The molecule has 128 valence electrons. The molecule has 0 aromatic heterocycles. The average molecular weight is 345 g/mol. The molecule has 5 aromatic carbocycles. The van der Waals surface area contributed by atoms with E-state index in [-0.39, 0.29) is 0 Å². The van der Waals surface area contributed by atoms with Crippen LogP contribution in [0.5, 0.6) is 0 Å². The fourth-order valence-electron chi connectivity index (χ4n) is 3.77. The third-order valence-electron chi connectivity index (χ3n) is 5.07. The SMILES string of the molecule is c1ccc(-c2cccc3ccccc23)c(Nc2cccc3ccccc23)c1. The molecule has 0 fully saturated rings. The van der Waals surface area contributed by atoms with Crippen LogP contribution in [0.15, 0.2) is 109 Å². The van der Waals surface area contributed by atoms with Gasteiger partial charge in [-0.3, -0.25) is 0 Å². The van der Waals surface area contributed by atoms with E-state index in [1.165, 1.54) is 32.7 Å². The Hall–Kier alpha value is -3.58. The molecule has 0 radical (unpaired) electrons. The summed E-state index contributed by atoms with van der Waals surface area (Å²) in [6.45, 7) is 0. The first-order valence-electron chi connectivity index (χ1n) is 9.22. The first-order chi connectivity index (χ1) is 13.4. The van der Waals surface area contributed by atoms with Gasteiger partial charge in [-0.2, -0.15) is 0 Å². The molecule has 1 N–H and O–H groups in total. The van der Waals surface area contributed by atoms with E-state index in [0.29, 0.717) is 0 Å². The summed E-state index contributed by atoms with van der Waals surface area (Å²) in [7, 11) is 0. The van der Waals surface area contributed by atoms with Crippen molar-refractivity contribution in [3.63, 3.8) is 0 Å². The average Bonchev–Trinajstić information content (AvgIpc) is 2.74. The summed E-state index contributed by atoms with van der Waals surface area (Å²) in [5.41, 5.74) is 4.70. The number of benzene rings is 5. The summed E-state index contributed by atoms with van der Waals surface area (Å²) >= 11 is 0. The van der Waals surface area contributed by atoms with Crippen LogP contribution in [0.2, 0.25) is 0 Å². The standard InChI is InChI=1S/C26H19N/c1-3-13-21-19(9-1)11-7-16-23(21)24-15-5-6-17-26(24)27-25-18-8-12-20-10-2-4-14-22(20)25/h1-18,27H. The van der Waals surface area contributed by atoms with Crippen LogP contribution in [0.25, 0.3) is 32.7 Å². The Kier molecular flexibility index (Phi) is 3.84. The number of para-hydroxylation sites is 1. The molecule has 0 unspecified atom stereocenters. The molecule has 0 heterocycles.